The monoisotopic (exact) mass is 129 g/mol. The van der Waals surface area contributed by atoms with E-state index in [1.54, 1.807) is 13.8 Å². The van der Waals surface area contributed by atoms with Gasteiger partial charge in [0.2, 0.25) is 5.91 Å². The van der Waals surface area contributed by atoms with E-state index in [1.165, 1.54) is 6.92 Å². The molecule has 0 aromatic rings. The summed E-state index contributed by atoms with van der Waals surface area (Å²) in [4.78, 5) is 20.5. The molecule has 0 rings (SSSR count). The molecule has 1 N–H and O–H groups in total. The molecule has 0 spiro atoms. The van der Waals surface area contributed by atoms with Gasteiger partial charge in [0.15, 0.2) is 0 Å². The lowest BCUT2D eigenvalue weighted by atomic mass is 10.1. The number of hydrogen-bond acceptors (Lipinski definition) is 2. The van der Waals surface area contributed by atoms with Crippen LogP contribution in [0.15, 0.2) is 0 Å². The van der Waals surface area contributed by atoms with Crippen LogP contribution in [0.3, 0.4) is 0 Å². The molecule has 9 heavy (non-hydrogen) atoms. The van der Waals surface area contributed by atoms with Crippen molar-refractivity contribution < 1.29 is 9.59 Å². The highest BCUT2D eigenvalue weighted by Crippen LogP contribution is 1.94. The SMILES string of the molecule is CC(=O)NC(C)(C)C=O. The number of carbonyl (C=O) groups excluding carboxylic acids is 2. The molecule has 0 heterocycles. The van der Waals surface area contributed by atoms with E-state index in [9.17, 15) is 9.59 Å². The van der Waals surface area contributed by atoms with Gasteiger partial charge in [0.1, 0.15) is 6.29 Å². The van der Waals surface area contributed by atoms with Gasteiger partial charge in [-0.15, -0.1) is 0 Å². The molecule has 1 amide bonds. The summed E-state index contributed by atoms with van der Waals surface area (Å²) >= 11 is 0. The largest absolute Gasteiger partial charge is 0.345 e. The van der Waals surface area contributed by atoms with E-state index >= 15 is 0 Å². The Labute approximate surface area is 54.4 Å². The molecule has 0 bridgehead atoms. The van der Waals surface area contributed by atoms with Crippen molar-refractivity contribution in [3.8, 4) is 0 Å². The second-order valence-corrected chi connectivity index (χ2v) is 2.52. The molecule has 52 valence electrons. The predicted octanol–water partition coefficient (Wildman–Crippen LogP) is 0.100. The number of hydrogen-bond donors (Lipinski definition) is 1. The van der Waals surface area contributed by atoms with Gasteiger partial charge >= 0.3 is 0 Å². The lowest BCUT2D eigenvalue weighted by Crippen LogP contribution is -2.43. The van der Waals surface area contributed by atoms with Crippen LogP contribution >= 0.6 is 0 Å². The molecule has 0 saturated carbocycles. The highest BCUT2D eigenvalue weighted by molar-refractivity contribution is 5.79. The molecule has 3 nitrogen and oxygen atoms in total. The lowest BCUT2D eigenvalue weighted by molar-refractivity contribution is -0.124. The van der Waals surface area contributed by atoms with Crippen molar-refractivity contribution >= 4 is 12.2 Å². The zero-order valence-corrected chi connectivity index (χ0v) is 5.89. The Morgan fingerprint density at radius 2 is 2.00 bits per heavy atom. The maximum atomic E-state index is 10.3. The Bertz CT molecular complexity index is 129. The smallest absolute Gasteiger partial charge is 0.217 e. The van der Waals surface area contributed by atoms with Gasteiger partial charge in [-0.25, -0.2) is 0 Å². The second-order valence-electron chi connectivity index (χ2n) is 2.52. The quantitative estimate of drug-likeness (QED) is 0.537. The van der Waals surface area contributed by atoms with Crippen molar-refractivity contribution in [2.24, 2.45) is 0 Å². The summed E-state index contributed by atoms with van der Waals surface area (Å²) in [6, 6.07) is 0. The fourth-order valence-corrected chi connectivity index (χ4v) is 0.483. The number of nitrogens with one attached hydrogen (secondary N) is 1. The minimum atomic E-state index is -0.716. The van der Waals surface area contributed by atoms with Crippen LogP contribution in [-0.2, 0) is 9.59 Å². The Morgan fingerprint density at radius 1 is 1.56 bits per heavy atom. The van der Waals surface area contributed by atoms with E-state index in [1.807, 2.05) is 0 Å². The van der Waals surface area contributed by atoms with Gasteiger partial charge < -0.3 is 10.1 Å². The molecule has 0 radical (unpaired) electrons. The molecule has 0 fully saturated rings. The second kappa shape index (κ2) is 2.62. The summed E-state index contributed by atoms with van der Waals surface area (Å²) in [5.41, 5.74) is -0.716. The normalized spacial score (nSPS) is 10.6. The molecule has 0 aromatic heterocycles. The molecule has 0 aliphatic rings. The third-order valence-corrected chi connectivity index (χ3v) is 0.793. The maximum Gasteiger partial charge on any atom is 0.217 e. The van der Waals surface area contributed by atoms with E-state index in [-0.39, 0.29) is 5.91 Å². The summed E-state index contributed by atoms with van der Waals surface area (Å²) in [5, 5.41) is 2.46. The summed E-state index contributed by atoms with van der Waals surface area (Å²) in [5.74, 6) is -0.188. The van der Waals surface area contributed by atoms with Crippen molar-refractivity contribution in [1.29, 1.82) is 0 Å². The van der Waals surface area contributed by atoms with Gasteiger partial charge in [0.25, 0.3) is 0 Å². The number of carbonyl (C=O) groups is 2. The van der Waals surface area contributed by atoms with Crippen LogP contribution in [0.4, 0.5) is 0 Å². The van der Waals surface area contributed by atoms with Gasteiger partial charge in [-0.2, -0.15) is 0 Å². The van der Waals surface area contributed by atoms with Crippen LogP contribution in [0.5, 0.6) is 0 Å². The van der Waals surface area contributed by atoms with E-state index in [2.05, 4.69) is 5.32 Å². The van der Waals surface area contributed by atoms with E-state index in [0.717, 1.165) is 0 Å². The first kappa shape index (κ1) is 8.14. The van der Waals surface area contributed by atoms with E-state index in [4.69, 9.17) is 0 Å². The average molecular weight is 129 g/mol. The highest BCUT2D eigenvalue weighted by atomic mass is 16.2. The molecule has 0 unspecified atom stereocenters. The Kier molecular flexibility index (Phi) is 2.37. The topological polar surface area (TPSA) is 46.2 Å². The highest BCUT2D eigenvalue weighted by Gasteiger charge is 2.15. The zero-order chi connectivity index (χ0) is 7.49. The summed E-state index contributed by atoms with van der Waals surface area (Å²) < 4.78 is 0. The van der Waals surface area contributed by atoms with Crippen LogP contribution < -0.4 is 5.32 Å². The molecule has 0 aliphatic carbocycles. The molecule has 0 saturated heterocycles. The van der Waals surface area contributed by atoms with Crippen molar-refractivity contribution in [1.82, 2.24) is 5.32 Å². The lowest BCUT2D eigenvalue weighted by Gasteiger charge is -2.16. The molecule has 3 heteroatoms. The molecular weight excluding hydrogens is 118 g/mol. The standard InChI is InChI=1S/C6H11NO2/c1-5(9)7-6(2,3)4-8/h4H,1-3H3,(H,7,9). The Morgan fingerprint density at radius 3 is 2.11 bits per heavy atom. The van der Waals surface area contributed by atoms with Crippen LogP contribution in [0, 0.1) is 0 Å². The van der Waals surface area contributed by atoms with Gasteiger partial charge in [-0.3, -0.25) is 4.79 Å². The Balaban J connectivity index is 3.86. The minimum absolute atomic E-state index is 0.188. The zero-order valence-electron chi connectivity index (χ0n) is 5.89. The first-order chi connectivity index (χ1) is 3.98. The number of aldehydes is 1. The Hall–Kier alpha value is -0.860. The molecule has 0 aromatic carbocycles. The van der Waals surface area contributed by atoms with Crippen LogP contribution in [0.2, 0.25) is 0 Å². The number of rotatable bonds is 2. The summed E-state index contributed by atoms with van der Waals surface area (Å²) in [6.45, 7) is 4.66. The third-order valence-electron chi connectivity index (χ3n) is 0.793. The van der Waals surface area contributed by atoms with Crippen LogP contribution in [0.25, 0.3) is 0 Å². The van der Waals surface area contributed by atoms with Gasteiger partial charge in [-0.1, -0.05) is 0 Å². The van der Waals surface area contributed by atoms with Crippen molar-refractivity contribution in [3.63, 3.8) is 0 Å². The first-order valence-electron chi connectivity index (χ1n) is 2.73. The van der Waals surface area contributed by atoms with E-state index in [0.29, 0.717) is 6.29 Å². The summed E-state index contributed by atoms with van der Waals surface area (Å²) in [7, 11) is 0. The van der Waals surface area contributed by atoms with Gasteiger partial charge in [0.05, 0.1) is 5.54 Å². The summed E-state index contributed by atoms with van der Waals surface area (Å²) in [6.07, 6.45) is 0.703. The minimum Gasteiger partial charge on any atom is -0.345 e. The third kappa shape index (κ3) is 3.70. The maximum absolute atomic E-state index is 10.3. The fraction of sp³-hybridized carbons (Fsp3) is 0.667. The number of amides is 1. The van der Waals surface area contributed by atoms with E-state index < -0.39 is 5.54 Å². The van der Waals surface area contributed by atoms with Crippen LogP contribution in [0.1, 0.15) is 20.8 Å². The van der Waals surface area contributed by atoms with Gasteiger partial charge in [0, 0.05) is 6.92 Å². The fourth-order valence-electron chi connectivity index (χ4n) is 0.483. The van der Waals surface area contributed by atoms with Crippen molar-refractivity contribution in [2.75, 3.05) is 0 Å². The molecular formula is C6H11NO2. The average Bonchev–Trinajstić information content (AvgIpc) is 1.63. The first-order valence-corrected chi connectivity index (χ1v) is 2.73. The van der Waals surface area contributed by atoms with Crippen molar-refractivity contribution in [2.45, 2.75) is 26.3 Å². The molecule has 0 aliphatic heterocycles. The molecule has 0 atom stereocenters. The van der Waals surface area contributed by atoms with Crippen LogP contribution in [-0.4, -0.2) is 17.7 Å². The van der Waals surface area contributed by atoms with Gasteiger partial charge in [-0.05, 0) is 13.8 Å². The predicted molar refractivity (Wildman–Crippen MR) is 34.0 cm³/mol. The van der Waals surface area contributed by atoms with Crippen molar-refractivity contribution in [3.05, 3.63) is 0 Å².